The van der Waals surface area contributed by atoms with Gasteiger partial charge in [0.05, 0.1) is 12.3 Å². The van der Waals surface area contributed by atoms with Crippen molar-refractivity contribution in [2.24, 2.45) is 0 Å². The van der Waals surface area contributed by atoms with Crippen molar-refractivity contribution in [2.45, 2.75) is 13.5 Å². The summed E-state index contributed by atoms with van der Waals surface area (Å²) >= 11 is 0. The van der Waals surface area contributed by atoms with Gasteiger partial charge in [0.1, 0.15) is 5.65 Å². The molecule has 3 nitrogen and oxygen atoms in total. The molecule has 3 heteroatoms. The second kappa shape index (κ2) is 4.86. The summed E-state index contributed by atoms with van der Waals surface area (Å²) in [7, 11) is 1.70. The number of aromatic nitrogens is 2. The van der Waals surface area contributed by atoms with Gasteiger partial charge in [0, 0.05) is 25.1 Å². The van der Waals surface area contributed by atoms with Crippen molar-refractivity contribution in [3.8, 4) is 11.3 Å². The molecule has 19 heavy (non-hydrogen) atoms. The molecular weight excluding hydrogens is 236 g/mol. The lowest BCUT2D eigenvalue weighted by Gasteiger charge is -1.99. The Kier molecular flexibility index (Phi) is 3.05. The molecule has 0 aliphatic carbocycles. The highest BCUT2D eigenvalue weighted by Crippen LogP contribution is 2.20. The number of methoxy groups -OCH3 is 1. The summed E-state index contributed by atoms with van der Waals surface area (Å²) < 4.78 is 7.19. The normalized spacial score (nSPS) is 11.1. The summed E-state index contributed by atoms with van der Waals surface area (Å²) in [6.07, 6.45) is 4.11. The van der Waals surface area contributed by atoms with E-state index in [0.29, 0.717) is 6.61 Å². The van der Waals surface area contributed by atoms with Crippen LogP contribution in [0.5, 0.6) is 0 Å². The second-order valence-corrected chi connectivity index (χ2v) is 4.73. The van der Waals surface area contributed by atoms with Gasteiger partial charge in [-0.05, 0) is 18.6 Å². The zero-order valence-corrected chi connectivity index (χ0v) is 11.1. The van der Waals surface area contributed by atoms with Crippen LogP contribution < -0.4 is 0 Å². The molecule has 0 N–H and O–H groups in total. The van der Waals surface area contributed by atoms with Gasteiger partial charge in [0.15, 0.2) is 0 Å². The maximum Gasteiger partial charge on any atom is 0.137 e. The minimum Gasteiger partial charge on any atom is -0.380 e. The number of nitrogens with zero attached hydrogens (tertiary/aromatic N) is 2. The molecule has 2 aromatic heterocycles. The van der Waals surface area contributed by atoms with Crippen molar-refractivity contribution in [1.82, 2.24) is 9.38 Å². The maximum atomic E-state index is 5.15. The first-order valence-corrected chi connectivity index (χ1v) is 6.30. The van der Waals surface area contributed by atoms with Gasteiger partial charge in [-0.1, -0.05) is 35.9 Å². The lowest BCUT2D eigenvalue weighted by atomic mass is 10.1. The van der Waals surface area contributed by atoms with E-state index in [1.165, 1.54) is 5.56 Å². The predicted octanol–water partition coefficient (Wildman–Crippen LogP) is 3.46. The molecule has 0 radical (unpaired) electrons. The maximum absolute atomic E-state index is 5.15. The predicted molar refractivity (Wildman–Crippen MR) is 76.1 cm³/mol. The fourth-order valence-electron chi connectivity index (χ4n) is 2.15. The molecule has 2 heterocycles. The van der Waals surface area contributed by atoms with Gasteiger partial charge < -0.3 is 9.14 Å². The summed E-state index contributed by atoms with van der Waals surface area (Å²) in [4.78, 5) is 4.64. The average molecular weight is 252 g/mol. The third-order valence-electron chi connectivity index (χ3n) is 3.17. The number of rotatable bonds is 3. The zero-order chi connectivity index (χ0) is 13.2. The summed E-state index contributed by atoms with van der Waals surface area (Å²) in [5.74, 6) is 0. The molecule has 0 saturated heterocycles. The molecule has 1 aromatic carbocycles. The third-order valence-corrected chi connectivity index (χ3v) is 3.17. The SMILES string of the molecule is COCc1ccc2nc(-c3ccc(C)cc3)cn2c1. The van der Waals surface area contributed by atoms with Crippen molar-refractivity contribution in [3.63, 3.8) is 0 Å². The van der Waals surface area contributed by atoms with E-state index in [-0.39, 0.29) is 0 Å². The lowest BCUT2D eigenvalue weighted by Crippen LogP contribution is -1.90. The number of fused-ring (bicyclic) bond motifs is 1. The Bertz CT molecular complexity index is 698. The van der Waals surface area contributed by atoms with Gasteiger partial charge in [-0.3, -0.25) is 0 Å². The Hall–Kier alpha value is -2.13. The van der Waals surface area contributed by atoms with E-state index in [1.807, 2.05) is 16.5 Å². The van der Waals surface area contributed by atoms with Gasteiger partial charge in [0.2, 0.25) is 0 Å². The van der Waals surface area contributed by atoms with Gasteiger partial charge >= 0.3 is 0 Å². The van der Waals surface area contributed by atoms with Crippen LogP contribution in [0.4, 0.5) is 0 Å². The van der Waals surface area contributed by atoms with E-state index >= 15 is 0 Å². The van der Waals surface area contributed by atoms with E-state index in [4.69, 9.17) is 4.74 Å². The van der Waals surface area contributed by atoms with Crippen molar-refractivity contribution >= 4 is 5.65 Å². The van der Waals surface area contributed by atoms with Crippen molar-refractivity contribution in [3.05, 3.63) is 59.9 Å². The van der Waals surface area contributed by atoms with E-state index in [0.717, 1.165) is 22.5 Å². The molecule has 0 saturated carbocycles. The fraction of sp³-hybridized carbons (Fsp3) is 0.188. The quantitative estimate of drug-likeness (QED) is 0.713. The van der Waals surface area contributed by atoms with E-state index in [9.17, 15) is 0 Å². The van der Waals surface area contributed by atoms with E-state index in [2.05, 4.69) is 48.6 Å². The Labute approximate surface area is 112 Å². The van der Waals surface area contributed by atoms with Crippen molar-refractivity contribution in [1.29, 1.82) is 0 Å². The molecule has 0 aliphatic rings. The first-order chi connectivity index (χ1) is 9.26. The molecule has 0 spiro atoms. The molecule has 96 valence electrons. The number of benzene rings is 1. The van der Waals surface area contributed by atoms with Crippen LogP contribution in [0.15, 0.2) is 48.8 Å². The summed E-state index contributed by atoms with van der Waals surface area (Å²) in [6.45, 7) is 2.71. The number of hydrogen-bond donors (Lipinski definition) is 0. The highest BCUT2D eigenvalue weighted by atomic mass is 16.5. The van der Waals surface area contributed by atoms with Crippen molar-refractivity contribution in [2.75, 3.05) is 7.11 Å². The van der Waals surface area contributed by atoms with Crippen LogP contribution >= 0.6 is 0 Å². The number of imidazole rings is 1. The lowest BCUT2D eigenvalue weighted by molar-refractivity contribution is 0.184. The minimum absolute atomic E-state index is 0.619. The largest absolute Gasteiger partial charge is 0.380 e. The second-order valence-electron chi connectivity index (χ2n) is 4.73. The Morgan fingerprint density at radius 1 is 1.05 bits per heavy atom. The Balaban J connectivity index is 2.03. The van der Waals surface area contributed by atoms with Gasteiger partial charge in [-0.2, -0.15) is 0 Å². The number of ether oxygens (including phenoxy) is 1. The van der Waals surface area contributed by atoms with Crippen LogP contribution in [-0.2, 0) is 11.3 Å². The van der Waals surface area contributed by atoms with Gasteiger partial charge in [-0.15, -0.1) is 0 Å². The number of aryl methyl sites for hydroxylation is 1. The molecule has 0 unspecified atom stereocenters. The number of pyridine rings is 1. The highest BCUT2D eigenvalue weighted by Gasteiger charge is 2.04. The van der Waals surface area contributed by atoms with Crippen molar-refractivity contribution < 1.29 is 4.74 Å². The van der Waals surface area contributed by atoms with Crippen LogP contribution in [0.25, 0.3) is 16.9 Å². The molecule has 0 amide bonds. The molecule has 0 fully saturated rings. The van der Waals surface area contributed by atoms with Crippen LogP contribution in [0.2, 0.25) is 0 Å². The topological polar surface area (TPSA) is 26.5 Å². The first-order valence-electron chi connectivity index (χ1n) is 6.30. The summed E-state index contributed by atoms with van der Waals surface area (Å²) in [5, 5.41) is 0. The molecule has 3 rings (SSSR count). The molecule has 0 aliphatic heterocycles. The highest BCUT2D eigenvalue weighted by molar-refractivity contribution is 5.62. The zero-order valence-electron chi connectivity index (χ0n) is 11.1. The van der Waals surface area contributed by atoms with Gasteiger partial charge in [0.25, 0.3) is 0 Å². The molecule has 0 bridgehead atoms. The van der Waals surface area contributed by atoms with Crippen LogP contribution in [0, 0.1) is 6.92 Å². The number of hydrogen-bond acceptors (Lipinski definition) is 2. The first kappa shape index (κ1) is 11.9. The molecule has 0 atom stereocenters. The van der Waals surface area contributed by atoms with E-state index in [1.54, 1.807) is 7.11 Å². The standard InChI is InChI=1S/C16H16N2O/c1-12-3-6-14(7-4-12)15-10-18-9-13(11-19-2)5-8-16(18)17-15/h3-10H,11H2,1-2H3. The van der Waals surface area contributed by atoms with Crippen LogP contribution in [-0.4, -0.2) is 16.5 Å². The third kappa shape index (κ3) is 2.37. The molecule has 3 aromatic rings. The van der Waals surface area contributed by atoms with E-state index < -0.39 is 0 Å². The monoisotopic (exact) mass is 252 g/mol. The summed E-state index contributed by atoms with van der Waals surface area (Å²) in [5.41, 5.74) is 5.49. The fourth-order valence-corrected chi connectivity index (χ4v) is 2.15. The summed E-state index contributed by atoms with van der Waals surface area (Å²) in [6, 6.07) is 12.5. The van der Waals surface area contributed by atoms with Crippen LogP contribution in [0.1, 0.15) is 11.1 Å². The van der Waals surface area contributed by atoms with Gasteiger partial charge in [-0.25, -0.2) is 4.98 Å². The smallest absolute Gasteiger partial charge is 0.137 e. The Morgan fingerprint density at radius 3 is 2.58 bits per heavy atom. The molecular formula is C16H16N2O. The van der Waals surface area contributed by atoms with Crippen LogP contribution in [0.3, 0.4) is 0 Å². The average Bonchev–Trinajstić information content (AvgIpc) is 2.83. The Morgan fingerprint density at radius 2 is 1.84 bits per heavy atom. The minimum atomic E-state index is 0.619.